The summed E-state index contributed by atoms with van der Waals surface area (Å²) >= 11 is 0. The minimum atomic E-state index is -0.463. The second-order valence-corrected chi connectivity index (χ2v) is 6.10. The summed E-state index contributed by atoms with van der Waals surface area (Å²) in [6, 6.07) is 8.55. The minimum Gasteiger partial charge on any atom is -0.389 e. The van der Waals surface area contributed by atoms with Crippen molar-refractivity contribution < 1.29 is 14.6 Å². The molecule has 4 heteroatoms. The van der Waals surface area contributed by atoms with E-state index in [1.807, 2.05) is 13.8 Å². The zero-order chi connectivity index (χ0) is 16.4. The molecule has 0 radical (unpaired) electrons. The first-order valence-corrected chi connectivity index (χ1v) is 8.07. The van der Waals surface area contributed by atoms with Crippen molar-refractivity contribution in [2.75, 3.05) is 33.4 Å². The van der Waals surface area contributed by atoms with Crippen LogP contribution in [0, 0.1) is 6.92 Å². The maximum atomic E-state index is 10.1. The van der Waals surface area contributed by atoms with Crippen LogP contribution >= 0.6 is 0 Å². The lowest BCUT2D eigenvalue weighted by Crippen LogP contribution is -2.36. The molecular formula is C18H31NO3. The van der Waals surface area contributed by atoms with E-state index in [0.717, 1.165) is 26.1 Å². The molecule has 1 N–H and O–H groups in total. The summed E-state index contributed by atoms with van der Waals surface area (Å²) in [6.07, 6.45) is 0.643. The van der Waals surface area contributed by atoms with Gasteiger partial charge < -0.3 is 14.6 Å². The van der Waals surface area contributed by atoms with Crippen molar-refractivity contribution >= 4 is 0 Å². The average Bonchev–Trinajstić information content (AvgIpc) is 2.47. The van der Waals surface area contributed by atoms with Crippen LogP contribution in [0.5, 0.6) is 0 Å². The number of aliphatic hydroxyl groups is 1. The van der Waals surface area contributed by atoms with Gasteiger partial charge in [-0.3, -0.25) is 4.90 Å². The quantitative estimate of drug-likeness (QED) is 0.638. The summed E-state index contributed by atoms with van der Waals surface area (Å²) in [5.41, 5.74) is 2.53. The zero-order valence-corrected chi connectivity index (χ0v) is 14.4. The Morgan fingerprint density at radius 1 is 1.18 bits per heavy atom. The number of aryl methyl sites for hydroxylation is 1. The van der Waals surface area contributed by atoms with Crippen LogP contribution in [-0.2, 0) is 16.0 Å². The fraction of sp³-hybridized carbons (Fsp3) is 0.667. The SMILES string of the molecule is COCCCN(Cc1ccc(C)cc1)CC(O)COC(C)C. The monoisotopic (exact) mass is 309 g/mol. The van der Waals surface area contributed by atoms with E-state index in [2.05, 4.69) is 36.1 Å². The van der Waals surface area contributed by atoms with Gasteiger partial charge in [0.05, 0.1) is 18.8 Å². The van der Waals surface area contributed by atoms with E-state index in [1.54, 1.807) is 7.11 Å². The lowest BCUT2D eigenvalue weighted by molar-refractivity contribution is -0.0103. The molecule has 0 aliphatic carbocycles. The number of rotatable bonds is 11. The molecule has 0 aliphatic heterocycles. The van der Waals surface area contributed by atoms with Crippen molar-refractivity contribution in [2.45, 2.75) is 45.9 Å². The van der Waals surface area contributed by atoms with E-state index >= 15 is 0 Å². The van der Waals surface area contributed by atoms with E-state index in [9.17, 15) is 5.11 Å². The van der Waals surface area contributed by atoms with Crippen molar-refractivity contribution in [3.8, 4) is 0 Å². The van der Waals surface area contributed by atoms with Crippen molar-refractivity contribution in [2.24, 2.45) is 0 Å². The molecule has 0 fully saturated rings. The Morgan fingerprint density at radius 2 is 1.86 bits per heavy atom. The van der Waals surface area contributed by atoms with Crippen molar-refractivity contribution in [1.82, 2.24) is 4.90 Å². The number of aliphatic hydroxyl groups excluding tert-OH is 1. The molecule has 0 heterocycles. The van der Waals surface area contributed by atoms with Gasteiger partial charge in [-0.1, -0.05) is 29.8 Å². The van der Waals surface area contributed by atoms with Gasteiger partial charge in [0.2, 0.25) is 0 Å². The van der Waals surface area contributed by atoms with Gasteiger partial charge in [0.15, 0.2) is 0 Å². The predicted molar refractivity (Wildman–Crippen MR) is 90.0 cm³/mol. The van der Waals surface area contributed by atoms with Crippen LogP contribution in [0.25, 0.3) is 0 Å². The summed E-state index contributed by atoms with van der Waals surface area (Å²) in [6.45, 7) is 9.53. The second kappa shape index (κ2) is 10.7. The van der Waals surface area contributed by atoms with Crippen molar-refractivity contribution in [1.29, 1.82) is 0 Å². The van der Waals surface area contributed by atoms with Crippen LogP contribution < -0.4 is 0 Å². The molecule has 4 nitrogen and oxygen atoms in total. The Morgan fingerprint density at radius 3 is 2.45 bits per heavy atom. The molecular weight excluding hydrogens is 278 g/mol. The third-order valence-corrected chi connectivity index (χ3v) is 3.44. The average molecular weight is 309 g/mol. The Kier molecular flexibility index (Phi) is 9.32. The fourth-order valence-electron chi connectivity index (χ4n) is 2.27. The first-order chi connectivity index (χ1) is 10.5. The molecule has 0 amide bonds. The van der Waals surface area contributed by atoms with Crippen molar-refractivity contribution in [3.63, 3.8) is 0 Å². The fourth-order valence-corrected chi connectivity index (χ4v) is 2.27. The number of methoxy groups -OCH3 is 1. The maximum Gasteiger partial charge on any atom is 0.0900 e. The van der Waals surface area contributed by atoms with E-state index in [1.165, 1.54) is 11.1 Å². The summed E-state index contributed by atoms with van der Waals surface area (Å²) in [7, 11) is 1.72. The third-order valence-electron chi connectivity index (χ3n) is 3.44. The van der Waals surface area contributed by atoms with E-state index < -0.39 is 6.10 Å². The molecule has 1 aromatic carbocycles. The molecule has 0 saturated heterocycles. The molecule has 1 rings (SSSR count). The third kappa shape index (κ3) is 8.49. The Labute approximate surface area is 135 Å². The topological polar surface area (TPSA) is 41.9 Å². The molecule has 1 unspecified atom stereocenters. The number of hydrogen-bond acceptors (Lipinski definition) is 4. The van der Waals surface area contributed by atoms with E-state index in [0.29, 0.717) is 13.2 Å². The highest BCUT2D eigenvalue weighted by molar-refractivity contribution is 5.21. The molecule has 0 bridgehead atoms. The standard InChI is InChI=1S/C18H31NO3/c1-15(2)22-14-18(20)13-19(10-5-11-21-4)12-17-8-6-16(3)7-9-17/h6-9,15,18,20H,5,10-14H2,1-4H3. The smallest absolute Gasteiger partial charge is 0.0900 e. The van der Waals surface area contributed by atoms with Crippen molar-refractivity contribution in [3.05, 3.63) is 35.4 Å². The lowest BCUT2D eigenvalue weighted by atomic mass is 10.1. The second-order valence-electron chi connectivity index (χ2n) is 6.10. The largest absolute Gasteiger partial charge is 0.389 e. The molecule has 0 aliphatic rings. The Hall–Kier alpha value is -0.940. The Bertz CT molecular complexity index is 392. The van der Waals surface area contributed by atoms with Crippen LogP contribution in [0.3, 0.4) is 0 Å². The van der Waals surface area contributed by atoms with Crippen LogP contribution in [-0.4, -0.2) is 55.6 Å². The van der Waals surface area contributed by atoms with Gasteiger partial charge in [-0.05, 0) is 32.8 Å². The molecule has 0 aromatic heterocycles. The summed E-state index contributed by atoms with van der Waals surface area (Å²) in [5, 5.41) is 10.1. The van der Waals surface area contributed by atoms with Gasteiger partial charge >= 0.3 is 0 Å². The van der Waals surface area contributed by atoms with Gasteiger partial charge in [0.25, 0.3) is 0 Å². The summed E-state index contributed by atoms with van der Waals surface area (Å²) in [4.78, 5) is 2.26. The van der Waals surface area contributed by atoms with E-state index in [-0.39, 0.29) is 6.10 Å². The summed E-state index contributed by atoms with van der Waals surface area (Å²) < 4.78 is 10.6. The van der Waals surface area contributed by atoms with Gasteiger partial charge in [0.1, 0.15) is 0 Å². The van der Waals surface area contributed by atoms with Crippen LogP contribution in [0.1, 0.15) is 31.4 Å². The number of benzene rings is 1. The predicted octanol–water partition coefficient (Wildman–Crippen LogP) is 2.62. The zero-order valence-electron chi connectivity index (χ0n) is 14.4. The number of ether oxygens (including phenoxy) is 2. The number of hydrogen-bond donors (Lipinski definition) is 1. The van der Waals surface area contributed by atoms with Gasteiger partial charge in [-0.25, -0.2) is 0 Å². The highest BCUT2D eigenvalue weighted by Crippen LogP contribution is 2.09. The first kappa shape index (κ1) is 19.1. The van der Waals surface area contributed by atoms with Gasteiger partial charge in [-0.15, -0.1) is 0 Å². The van der Waals surface area contributed by atoms with Gasteiger partial charge in [-0.2, -0.15) is 0 Å². The van der Waals surface area contributed by atoms with E-state index in [4.69, 9.17) is 9.47 Å². The molecule has 0 spiro atoms. The minimum absolute atomic E-state index is 0.147. The molecule has 22 heavy (non-hydrogen) atoms. The molecule has 0 saturated carbocycles. The number of nitrogens with zero attached hydrogens (tertiary/aromatic N) is 1. The Balaban J connectivity index is 2.52. The van der Waals surface area contributed by atoms with Crippen LogP contribution in [0.2, 0.25) is 0 Å². The maximum absolute atomic E-state index is 10.1. The van der Waals surface area contributed by atoms with Gasteiger partial charge in [0, 0.05) is 33.4 Å². The first-order valence-electron chi connectivity index (χ1n) is 8.07. The highest BCUT2D eigenvalue weighted by atomic mass is 16.5. The highest BCUT2D eigenvalue weighted by Gasteiger charge is 2.13. The van der Waals surface area contributed by atoms with Crippen LogP contribution in [0.15, 0.2) is 24.3 Å². The van der Waals surface area contributed by atoms with Crippen LogP contribution in [0.4, 0.5) is 0 Å². The summed E-state index contributed by atoms with van der Waals surface area (Å²) in [5.74, 6) is 0. The normalized spacial score (nSPS) is 13.0. The molecule has 126 valence electrons. The lowest BCUT2D eigenvalue weighted by Gasteiger charge is -2.25. The molecule has 1 atom stereocenters. The molecule has 1 aromatic rings.